The van der Waals surface area contributed by atoms with Gasteiger partial charge in [-0.05, 0) is 38.0 Å². The molecule has 0 spiro atoms. The molecule has 118 valence electrons. The van der Waals surface area contributed by atoms with Crippen LogP contribution in [0.2, 0.25) is 0 Å². The molecule has 0 radical (unpaired) electrons. The summed E-state index contributed by atoms with van der Waals surface area (Å²) in [7, 11) is 0. The van der Waals surface area contributed by atoms with Gasteiger partial charge in [0.05, 0.1) is 5.69 Å². The zero-order valence-electron chi connectivity index (χ0n) is 13.9. The first-order chi connectivity index (χ1) is 11.1. The number of nitrogens with zero attached hydrogens (tertiary/aromatic N) is 2. The molecule has 23 heavy (non-hydrogen) atoms. The Hall–Kier alpha value is -2.55. The van der Waals surface area contributed by atoms with E-state index >= 15 is 0 Å². The van der Waals surface area contributed by atoms with Gasteiger partial charge in [-0.1, -0.05) is 55.3 Å². The van der Waals surface area contributed by atoms with Crippen LogP contribution in [-0.4, -0.2) is 14.9 Å². The topological polar surface area (TPSA) is 38.0 Å². The second kappa shape index (κ2) is 6.29. The lowest BCUT2D eigenvalue weighted by Gasteiger charge is -2.04. The first-order valence-corrected chi connectivity index (χ1v) is 8.05. The predicted molar refractivity (Wildman–Crippen MR) is 94.1 cm³/mol. The lowest BCUT2D eigenvalue weighted by molar-refractivity contribution is 0.427. The number of aromatic nitrogens is 2. The Kier molecular flexibility index (Phi) is 4.20. The van der Waals surface area contributed by atoms with Crippen LogP contribution < -0.4 is 0 Å². The first-order valence-electron chi connectivity index (χ1n) is 8.05. The summed E-state index contributed by atoms with van der Waals surface area (Å²) in [6, 6.07) is 16.2. The molecule has 0 fully saturated rings. The van der Waals surface area contributed by atoms with E-state index in [0.29, 0.717) is 0 Å². The van der Waals surface area contributed by atoms with Crippen molar-refractivity contribution in [2.75, 3.05) is 0 Å². The molecule has 0 aliphatic rings. The van der Waals surface area contributed by atoms with Gasteiger partial charge in [-0.15, -0.1) is 0 Å². The van der Waals surface area contributed by atoms with Crippen molar-refractivity contribution in [3.63, 3.8) is 0 Å². The van der Waals surface area contributed by atoms with Crippen molar-refractivity contribution >= 4 is 0 Å². The summed E-state index contributed by atoms with van der Waals surface area (Å²) < 4.78 is 1.65. The number of hydrogen-bond acceptors (Lipinski definition) is 2. The largest absolute Gasteiger partial charge is 0.493 e. The van der Waals surface area contributed by atoms with Gasteiger partial charge >= 0.3 is 0 Å². The van der Waals surface area contributed by atoms with Crippen molar-refractivity contribution < 1.29 is 5.11 Å². The Bertz CT molecular complexity index is 816. The highest BCUT2D eigenvalue weighted by atomic mass is 16.3. The maximum atomic E-state index is 10.7. The Morgan fingerprint density at radius 1 is 1.00 bits per heavy atom. The maximum Gasteiger partial charge on any atom is 0.218 e. The minimum Gasteiger partial charge on any atom is -0.493 e. The van der Waals surface area contributed by atoms with Gasteiger partial charge in [-0.3, -0.25) is 0 Å². The molecule has 1 N–H and O–H groups in total. The van der Waals surface area contributed by atoms with E-state index in [2.05, 4.69) is 26.0 Å². The Balaban J connectivity index is 2.18. The maximum absolute atomic E-state index is 10.7. The van der Waals surface area contributed by atoms with Gasteiger partial charge in [-0.2, -0.15) is 5.10 Å². The van der Waals surface area contributed by atoms with Crippen LogP contribution >= 0.6 is 0 Å². The van der Waals surface area contributed by atoms with E-state index in [0.717, 1.165) is 35.3 Å². The van der Waals surface area contributed by atoms with Crippen LogP contribution in [0.4, 0.5) is 0 Å². The zero-order valence-corrected chi connectivity index (χ0v) is 13.9. The average Bonchev–Trinajstić information content (AvgIpc) is 2.86. The Labute approximate surface area is 137 Å². The van der Waals surface area contributed by atoms with Crippen LogP contribution in [0.1, 0.15) is 30.0 Å². The second-order valence-electron chi connectivity index (χ2n) is 5.96. The number of rotatable bonds is 4. The third-order valence-corrected chi connectivity index (χ3v) is 4.14. The smallest absolute Gasteiger partial charge is 0.218 e. The highest BCUT2D eigenvalue weighted by Gasteiger charge is 2.19. The van der Waals surface area contributed by atoms with E-state index in [-0.39, 0.29) is 5.88 Å². The van der Waals surface area contributed by atoms with Gasteiger partial charge in [0.2, 0.25) is 5.88 Å². The molecule has 0 amide bonds. The molecule has 2 aromatic carbocycles. The minimum atomic E-state index is 0.244. The molecule has 3 heteroatoms. The van der Waals surface area contributed by atoms with Gasteiger partial charge in [0, 0.05) is 11.1 Å². The molecule has 1 heterocycles. The van der Waals surface area contributed by atoms with Gasteiger partial charge in [0.15, 0.2) is 0 Å². The molecule has 0 aliphatic carbocycles. The zero-order chi connectivity index (χ0) is 16.4. The van der Waals surface area contributed by atoms with Crippen LogP contribution in [0.3, 0.4) is 0 Å². The first kappa shape index (κ1) is 15.3. The second-order valence-corrected chi connectivity index (χ2v) is 5.96. The van der Waals surface area contributed by atoms with Gasteiger partial charge in [0.25, 0.3) is 0 Å². The number of benzene rings is 2. The monoisotopic (exact) mass is 306 g/mol. The number of aryl methyl sites for hydroxylation is 2. The average molecular weight is 306 g/mol. The summed E-state index contributed by atoms with van der Waals surface area (Å²) in [5, 5.41) is 15.4. The fourth-order valence-corrected chi connectivity index (χ4v) is 2.84. The van der Waals surface area contributed by atoms with Crippen molar-refractivity contribution in [1.29, 1.82) is 0 Å². The van der Waals surface area contributed by atoms with Crippen molar-refractivity contribution in [2.24, 2.45) is 0 Å². The molecule has 0 bridgehead atoms. The lowest BCUT2D eigenvalue weighted by Crippen LogP contribution is -1.96. The van der Waals surface area contributed by atoms with E-state index in [1.165, 1.54) is 11.1 Å². The van der Waals surface area contributed by atoms with Crippen LogP contribution in [0, 0.1) is 13.8 Å². The van der Waals surface area contributed by atoms with Crippen molar-refractivity contribution in [2.45, 2.75) is 33.6 Å². The number of aromatic hydroxyl groups is 1. The molecule has 1 aromatic heterocycles. The van der Waals surface area contributed by atoms with E-state index < -0.39 is 0 Å². The molecule has 3 aromatic rings. The minimum absolute atomic E-state index is 0.244. The van der Waals surface area contributed by atoms with Gasteiger partial charge < -0.3 is 5.11 Å². The van der Waals surface area contributed by atoms with E-state index in [9.17, 15) is 5.11 Å². The highest BCUT2D eigenvalue weighted by molar-refractivity contribution is 5.69. The molecule has 3 rings (SSSR count). The lowest BCUT2D eigenvalue weighted by atomic mass is 10.0. The highest BCUT2D eigenvalue weighted by Crippen LogP contribution is 2.34. The van der Waals surface area contributed by atoms with Crippen molar-refractivity contribution in [3.8, 4) is 22.8 Å². The third kappa shape index (κ3) is 2.87. The molecule has 0 aliphatic heterocycles. The van der Waals surface area contributed by atoms with E-state index in [1.807, 2.05) is 43.3 Å². The number of hydrogen-bond donors (Lipinski definition) is 1. The van der Waals surface area contributed by atoms with Crippen LogP contribution in [0.5, 0.6) is 5.88 Å². The summed E-state index contributed by atoms with van der Waals surface area (Å²) in [5.41, 5.74) is 6.11. The summed E-state index contributed by atoms with van der Waals surface area (Å²) in [4.78, 5) is 0. The summed E-state index contributed by atoms with van der Waals surface area (Å²) >= 11 is 0. The summed E-state index contributed by atoms with van der Waals surface area (Å²) in [6.07, 6.45) is 1.77. The quantitative estimate of drug-likeness (QED) is 0.751. The summed E-state index contributed by atoms with van der Waals surface area (Å²) in [6.45, 7) is 6.24. The van der Waals surface area contributed by atoms with E-state index in [4.69, 9.17) is 5.10 Å². The molecule has 0 unspecified atom stereocenters. The van der Waals surface area contributed by atoms with Gasteiger partial charge in [-0.25, -0.2) is 4.68 Å². The fourth-order valence-electron chi connectivity index (χ4n) is 2.84. The summed E-state index contributed by atoms with van der Waals surface area (Å²) in [5.74, 6) is 0.244. The molecule has 0 saturated heterocycles. The van der Waals surface area contributed by atoms with Crippen molar-refractivity contribution in [1.82, 2.24) is 9.78 Å². The fraction of sp³-hybridized carbons (Fsp3) is 0.250. The molecule has 0 atom stereocenters. The predicted octanol–water partition coefficient (Wildman–Crippen LogP) is 4.81. The van der Waals surface area contributed by atoms with Gasteiger partial charge in [0.1, 0.15) is 5.69 Å². The molecule has 3 nitrogen and oxygen atoms in total. The Morgan fingerprint density at radius 2 is 1.70 bits per heavy atom. The van der Waals surface area contributed by atoms with Crippen LogP contribution in [-0.2, 0) is 6.42 Å². The molecule has 0 saturated carbocycles. The van der Waals surface area contributed by atoms with Crippen LogP contribution in [0.15, 0.2) is 48.5 Å². The third-order valence-electron chi connectivity index (χ3n) is 4.14. The van der Waals surface area contributed by atoms with Crippen LogP contribution in [0.25, 0.3) is 16.9 Å². The molecular weight excluding hydrogens is 284 g/mol. The normalized spacial score (nSPS) is 10.9. The Morgan fingerprint density at radius 3 is 2.35 bits per heavy atom. The molecular formula is C20H22N2O. The standard InChI is InChI=1S/C20H22N2O/c1-4-7-18-19(17-9-6-5-8-15(17)3)21-22(20(18)23)16-12-10-14(2)11-13-16/h5-6,8-13,23H,4,7H2,1-3H3. The SMILES string of the molecule is CCCc1c(-c2ccccc2C)nn(-c2ccc(C)cc2)c1O. The van der Waals surface area contributed by atoms with E-state index in [1.54, 1.807) is 4.68 Å². The van der Waals surface area contributed by atoms with Crippen molar-refractivity contribution in [3.05, 3.63) is 65.2 Å².